The highest BCUT2D eigenvalue weighted by molar-refractivity contribution is 6.09. The van der Waals surface area contributed by atoms with Crippen LogP contribution in [-0.4, -0.2) is 17.0 Å². The van der Waals surface area contributed by atoms with Crippen LogP contribution in [0.1, 0.15) is 13.3 Å². The molecule has 1 heterocycles. The molecule has 2 N–H and O–H groups in total. The Kier molecular flexibility index (Phi) is 2.69. The maximum absolute atomic E-state index is 8.81. The van der Waals surface area contributed by atoms with E-state index in [1.165, 1.54) is 5.39 Å². The van der Waals surface area contributed by atoms with E-state index in [9.17, 15) is 0 Å². The highest BCUT2D eigenvalue weighted by Crippen LogP contribution is 2.36. The molecule has 1 aliphatic heterocycles. The lowest BCUT2D eigenvalue weighted by atomic mass is 10.0. The summed E-state index contributed by atoms with van der Waals surface area (Å²) in [5.74, 6) is 7.13. The summed E-state index contributed by atoms with van der Waals surface area (Å²) in [6, 6.07) is 14.5. The Labute approximate surface area is 111 Å². The summed E-state index contributed by atoms with van der Waals surface area (Å²) in [6.45, 7) is 2.63. The minimum absolute atomic E-state index is 0.476. The number of anilines is 1. The number of hydrogen-bond donors (Lipinski definition) is 1. The average molecular weight is 251 g/mol. The topological polar surface area (TPSA) is 56.1 Å². The van der Waals surface area contributed by atoms with Crippen molar-refractivity contribution >= 4 is 28.0 Å². The second-order valence-electron chi connectivity index (χ2n) is 4.63. The first-order chi connectivity index (χ1) is 9.24. The monoisotopic (exact) mass is 251 g/mol. The van der Waals surface area contributed by atoms with Crippen molar-refractivity contribution in [2.75, 3.05) is 11.6 Å². The first-order valence-electron chi connectivity index (χ1n) is 6.28. The van der Waals surface area contributed by atoms with Gasteiger partial charge in [-0.05, 0) is 17.5 Å². The van der Waals surface area contributed by atoms with E-state index in [-0.39, 0.29) is 0 Å². The highest BCUT2D eigenvalue weighted by Gasteiger charge is 2.29. The van der Waals surface area contributed by atoms with E-state index in [1.54, 1.807) is 5.01 Å². The van der Waals surface area contributed by atoms with E-state index < -0.39 is 0 Å². The summed E-state index contributed by atoms with van der Waals surface area (Å²) in [7, 11) is 0. The third-order valence-electron chi connectivity index (χ3n) is 3.60. The Bertz CT molecular complexity index is 719. The molecule has 0 aromatic heterocycles. The molecule has 3 rings (SSSR count). The largest absolute Gasteiger partial charge is 0.272 e. The standard InChI is InChI=1S/C15H15N4/c1-11-18(10-4-9-16)13-7-2-5-12-6-3-8-14(15(12)13)19(11)17/h2-3,5-8H,4,10,17H2,1H3/q+1. The quantitative estimate of drug-likeness (QED) is 0.659. The number of nitrogens with zero attached hydrogens (tertiary/aromatic N) is 3. The molecule has 2 aromatic carbocycles. The molecule has 0 fully saturated rings. The molecule has 0 atom stereocenters. The van der Waals surface area contributed by atoms with E-state index in [2.05, 4.69) is 28.8 Å². The van der Waals surface area contributed by atoms with Gasteiger partial charge >= 0.3 is 0 Å². The van der Waals surface area contributed by atoms with E-state index in [4.69, 9.17) is 11.1 Å². The van der Waals surface area contributed by atoms with Crippen molar-refractivity contribution in [2.24, 2.45) is 5.84 Å². The fourth-order valence-electron chi connectivity index (χ4n) is 2.65. The number of benzene rings is 2. The van der Waals surface area contributed by atoms with Crippen molar-refractivity contribution in [3.8, 4) is 6.07 Å². The zero-order chi connectivity index (χ0) is 13.4. The summed E-state index contributed by atoms with van der Waals surface area (Å²) in [5.41, 5.74) is 2.14. The van der Waals surface area contributed by atoms with Crippen molar-refractivity contribution in [3.63, 3.8) is 0 Å². The molecule has 0 radical (unpaired) electrons. The molecule has 0 unspecified atom stereocenters. The molecule has 0 bridgehead atoms. The van der Waals surface area contributed by atoms with Gasteiger partial charge in [0.1, 0.15) is 12.2 Å². The van der Waals surface area contributed by atoms with Crippen molar-refractivity contribution in [1.82, 2.24) is 0 Å². The number of nitrogens with two attached hydrogens (primary N) is 1. The summed E-state index contributed by atoms with van der Waals surface area (Å²) >= 11 is 0. The van der Waals surface area contributed by atoms with Gasteiger partial charge in [-0.3, -0.25) is 0 Å². The Morgan fingerprint density at radius 2 is 2.00 bits per heavy atom. The smallest absolute Gasteiger partial charge is 0.228 e. The number of rotatable bonds is 2. The molecular weight excluding hydrogens is 236 g/mol. The van der Waals surface area contributed by atoms with Gasteiger partial charge in [0.25, 0.3) is 5.84 Å². The molecular formula is C15H15N4+. The maximum atomic E-state index is 8.81. The van der Waals surface area contributed by atoms with Crippen LogP contribution in [0, 0.1) is 11.3 Å². The van der Waals surface area contributed by atoms with Gasteiger partial charge < -0.3 is 0 Å². The lowest BCUT2D eigenvalue weighted by molar-refractivity contribution is -0.440. The Balaban J connectivity index is 2.30. The van der Waals surface area contributed by atoms with Crippen LogP contribution in [-0.2, 0) is 0 Å². The number of nitriles is 1. The molecule has 1 aliphatic rings. The van der Waals surface area contributed by atoms with Gasteiger partial charge in [-0.1, -0.05) is 24.3 Å². The first-order valence-corrected chi connectivity index (χ1v) is 6.28. The van der Waals surface area contributed by atoms with Crippen LogP contribution in [0.15, 0.2) is 36.4 Å². The second kappa shape index (κ2) is 4.38. The van der Waals surface area contributed by atoms with Crippen LogP contribution < -0.4 is 10.9 Å². The minimum atomic E-state index is 0.476. The van der Waals surface area contributed by atoms with Gasteiger partial charge in [-0.2, -0.15) is 16.1 Å². The van der Waals surface area contributed by atoms with Crippen LogP contribution in [0.3, 0.4) is 0 Å². The molecule has 2 aromatic rings. The molecule has 4 nitrogen and oxygen atoms in total. The number of hydrazine groups is 1. The summed E-state index contributed by atoms with van der Waals surface area (Å²) in [6.07, 6.45) is 0.476. The second-order valence-corrected chi connectivity index (χ2v) is 4.63. The molecule has 4 heteroatoms. The van der Waals surface area contributed by atoms with Gasteiger partial charge in [0.15, 0.2) is 5.69 Å². The van der Waals surface area contributed by atoms with Gasteiger partial charge in [0.05, 0.1) is 17.9 Å². The fraction of sp³-hybridized carbons (Fsp3) is 0.200. The van der Waals surface area contributed by atoms with Gasteiger partial charge in [-0.15, -0.1) is 0 Å². The number of amidine groups is 1. The van der Waals surface area contributed by atoms with Crippen molar-refractivity contribution < 1.29 is 4.58 Å². The van der Waals surface area contributed by atoms with Crippen LogP contribution in [0.2, 0.25) is 0 Å². The fourth-order valence-corrected chi connectivity index (χ4v) is 2.65. The van der Waals surface area contributed by atoms with E-state index >= 15 is 0 Å². The molecule has 0 amide bonds. The highest BCUT2D eigenvalue weighted by atomic mass is 15.5. The third kappa shape index (κ3) is 1.67. The third-order valence-corrected chi connectivity index (χ3v) is 3.60. The van der Waals surface area contributed by atoms with Crippen LogP contribution in [0.25, 0.3) is 10.8 Å². The van der Waals surface area contributed by atoms with Crippen molar-refractivity contribution in [3.05, 3.63) is 36.4 Å². The molecule has 0 spiro atoms. The Morgan fingerprint density at radius 3 is 2.74 bits per heavy atom. The summed E-state index contributed by atoms with van der Waals surface area (Å²) in [4.78, 5) is 0. The molecule has 0 saturated carbocycles. The maximum Gasteiger partial charge on any atom is 0.272 e. The molecule has 0 aliphatic carbocycles. The zero-order valence-corrected chi connectivity index (χ0v) is 10.8. The van der Waals surface area contributed by atoms with Crippen LogP contribution in [0.5, 0.6) is 0 Å². The van der Waals surface area contributed by atoms with Crippen LogP contribution in [0.4, 0.5) is 11.4 Å². The number of hydrogen-bond acceptors (Lipinski definition) is 3. The predicted octanol–water partition coefficient (Wildman–Crippen LogP) is 2.51. The lowest BCUT2D eigenvalue weighted by Crippen LogP contribution is -2.43. The minimum Gasteiger partial charge on any atom is -0.228 e. The average Bonchev–Trinajstić information content (AvgIpc) is 2.45. The van der Waals surface area contributed by atoms with Crippen molar-refractivity contribution in [1.29, 1.82) is 5.26 Å². The summed E-state index contributed by atoms with van der Waals surface area (Å²) < 4.78 is 2.11. The zero-order valence-electron chi connectivity index (χ0n) is 10.8. The Morgan fingerprint density at radius 1 is 1.26 bits per heavy atom. The normalized spacial score (nSPS) is 13.8. The SMILES string of the molecule is CC1=[N+](CCC#N)c2cccc3cccc(c23)N1N. The Hall–Kier alpha value is -2.38. The van der Waals surface area contributed by atoms with E-state index in [0.717, 1.165) is 22.6 Å². The van der Waals surface area contributed by atoms with Gasteiger partial charge in [0, 0.05) is 6.92 Å². The van der Waals surface area contributed by atoms with Crippen molar-refractivity contribution in [2.45, 2.75) is 13.3 Å². The summed E-state index contributed by atoms with van der Waals surface area (Å²) in [5, 5.41) is 12.8. The molecule has 19 heavy (non-hydrogen) atoms. The lowest BCUT2D eigenvalue weighted by Gasteiger charge is -2.23. The molecule has 94 valence electrons. The first kappa shape index (κ1) is 11.7. The molecule has 0 saturated heterocycles. The van der Waals surface area contributed by atoms with Crippen LogP contribution >= 0.6 is 0 Å². The van der Waals surface area contributed by atoms with Gasteiger partial charge in [0.2, 0.25) is 0 Å². The predicted molar refractivity (Wildman–Crippen MR) is 76.3 cm³/mol. The van der Waals surface area contributed by atoms with Gasteiger partial charge in [-0.25, -0.2) is 4.58 Å². The van der Waals surface area contributed by atoms with E-state index in [0.29, 0.717) is 13.0 Å². The van der Waals surface area contributed by atoms with E-state index in [1.807, 2.05) is 25.1 Å².